The summed E-state index contributed by atoms with van der Waals surface area (Å²) in [5.41, 5.74) is 5.60. The van der Waals surface area contributed by atoms with Gasteiger partial charge in [0.1, 0.15) is 0 Å². The van der Waals surface area contributed by atoms with Gasteiger partial charge in [-0.25, -0.2) is 4.79 Å². The fourth-order valence-electron chi connectivity index (χ4n) is 0.493. The Morgan fingerprint density at radius 1 is 1.55 bits per heavy atom. The second-order valence-corrected chi connectivity index (χ2v) is 1.91. The average Bonchev–Trinajstić information content (AvgIpc) is 2.02. The molecule has 64 valence electrons. The second kappa shape index (κ2) is 4.60. The zero-order valence-corrected chi connectivity index (χ0v) is 7.01. The zero-order chi connectivity index (χ0) is 8.85. The van der Waals surface area contributed by atoms with Crippen LogP contribution in [-0.4, -0.2) is 19.7 Å². The molecule has 0 bridgehead atoms. The van der Waals surface area contributed by atoms with Gasteiger partial charge >= 0.3 is 5.97 Å². The van der Waals surface area contributed by atoms with Gasteiger partial charge in [0.15, 0.2) is 5.88 Å². The molecule has 0 radical (unpaired) electrons. The number of hydrogen-bond donors (Lipinski definition) is 1. The largest absolute Gasteiger partial charge is 0.482 e. The number of nitrogens with two attached hydrogens (primary N) is 1. The number of methoxy groups -OCH3 is 1. The van der Waals surface area contributed by atoms with Crippen LogP contribution >= 0.6 is 0 Å². The van der Waals surface area contributed by atoms with E-state index in [-0.39, 0.29) is 5.88 Å². The Labute approximate surface area is 66.0 Å². The van der Waals surface area contributed by atoms with E-state index < -0.39 is 5.97 Å². The molecule has 0 rings (SSSR count). The summed E-state index contributed by atoms with van der Waals surface area (Å²) in [6.07, 6.45) is 0. The number of hydrogen-bond acceptors (Lipinski definition) is 4. The van der Waals surface area contributed by atoms with Crippen molar-refractivity contribution in [3.63, 3.8) is 0 Å². The summed E-state index contributed by atoms with van der Waals surface area (Å²) in [6.45, 7) is 3.62. The van der Waals surface area contributed by atoms with Gasteiger partial charge in [-0.15, -0.1) is 0 Å². The molecule has 0 atom stereocenters. The first-order valence-corrected chi connectivity index (χ1v) is 3.31. The first-order chi connectivity index (χ1) is 5.13. The van der Waals surface area contributed by atoms with Gasteiger partial charge in [0, 0.05) is 0 Å². The maximum Gasteiger partial charge on any atom is 0.339 e. The van der Waals surface area contributed by atoms with Crippen molar-refractivity contribution in [3.05, 3.63) is 11.5 Å². The van der Waals surface area contributed by atoms with E-state index in [0.29, 0.717) is 12.2 Å². The SMILES string of the molecule is CCOC(=O)C(C)=C(N)OC. The standard InChI is InChI=1S/C7H13NO3/c1-4-11-7(9)5(2)6(8)10-3/h4,8H2,1-3H3. The van der Waals surface area contributed by atoms with E-state index in [0.717, 1.165) is 0 Å². The van der Waals surface area contributed by atoms with Crippen LogP contribution in [0.1, 0.15) is 13.8 Å². The summed E-state index contributed by atoms with van der Waals surface area (Å²) in [5.74, 6) is -0.338. The number of carbonyl (C=O) groups excluding carboxylic acids is 1. The number of ether oxygens (including phenoxy) is 2. The average molecular weight is 159 g/mol. The highest BCUT2D eigenvalue weighted by Crippen LogP contribution is 2.00. The van der Waals surface area contributed by atoms with E-state index in [1.807, 2.05) is 0 Å². The third-order valence-corrected chi connectivity index (χ3v) is 1.17. The lowest BCUT2D eigenvalue weighted by atomic mass is 10.3. The van der Waals surface area contributed by atoms with Crippen LogP contribution in [0.3, 0.4) is 0 Å². The van der Waals surface area contributed by atoms with Crippen LogP contribution in [0.15, 0.2) is 11.5 Å². The first kappa shape index (κ1) is 9.81. The van der Waals surface area contributed by atoms with Crippen LogP contribution in [0.5, 0.6) is 0 Å². The smallest absolute Gasteiger partial charge is 0.339 e. The van der Waals surface area contributed by atoms with Gasteiger partial charge < -0.3 is 15.2 Å². The van der Waals surface area contributed by atoms with Gasteiger partial charge in [0.25, 0.3) is 0 Å². The molecule has 11 heavy (non-hydrogen) atoms. The van der Waals surface area contributed by atoms with Gasteiger partial charge in [-0.3, -0.25) is 0 Å². The summed E-state index contributed by atoms with van der Waals surface area (Å²) in [5, 5.41) is 0. The van der Waals surface area contributed by atoms with E-state index in [1.54, 1.807) is 13.8 Å². The summed E-state index contributed by atoms with van der Waals surface area (Å²) < 4.78 is 9.31. The lowest BCUT2D eigenvalue weighted by molar-refractivity contribution is -0.138. The summed E-state index contributed by atoms with van der Waals surface area (Å²) in [6, 6.07) is 0. The molecule has 0 unspecified atom stereocenters. The Balaban J connectivity index is 4.22. The molecule has 0 aliphatic heterocycles. The Hall–Kier alpha value is -1.19. The Kier molecular flexibility index (Phi) is 4.10. The normalized spacial score (nSPS) is 11.9. The van der Waals surface area contributed by atoms with E-state index >= 15 is 0 Å². The molecule has 0 aromatic heterocycles. The summed E-state index contributed by atoms with van der Waals surface area (Å²) in [7, 11) is 1.40. The highest BCUT2D eigenvalue weighted by molar-refractivity contribution is 5.88. The molecule has 0 heterocycles. The van der Waals surface area contributed by atoms with Gasteiger partial charge in [-0.1, -0.05) is 0 Å². The molecule has 4 heteroatoms. The molecule has 0 saturated carbocycles. The van der Waals surface area contributed by atoms with Crippen molar-refractivity contribution < 1.29 is 14.3 Å². The van der Waals surface area contributed by atoms with Crippen molar-refractivity contribution in [2.24, 2.45) is 5.73 Å². The molecular weight excluding hydrogens is 146 g/mol. The van der Waals surface area contributed by atoms with Crippen molar-refractivity contribution in [2.75, 3.05) is 13.7 Å². The monoisotopic (exact) mass is 159 g/mol. The maximum absolute atomic E-state index is 10.9. The minimum atomic E-state index is -0.438. The molecule has 0 aliphatic carbocycles. The molecule has 0 spiro atoms. The van der Waals surface area contributed by atoms with Crippen LogP contribution in [0.2, 0.25) is 0 Å². The fraction of sp³-hybridized carbons (Fsp3) is 0.571. The minimum absolute atomic E-state index is 0.100. The molecule has 0 aromatic carbocycles. The van der Waals surface area contributed by atoms with Gasteiger partial charge in [0.2, 0.25) is 0 Å². The molecule has 0 saturated heterocycles. The van der Waals surface area contributed by atoms with Crippen LogP contribution < -0.4 is 5.73 Å². The highest BCUT2D eigenvalue weighted by Gasteiger charge is 2.08. The van der Waals surface area contributed by atoms with Crippen LogP contribution in [0.4, 0.5) is 0 Å². The summed E-state index contributed by atoms with van der Waals surface area (Å²) in [4.78, 5) is 10.9. The third kappa shape index (κ3) is 2.93. The Bertz CT molecular complexity index is 175. The van der Waals surface area contributed by atoms with Crippen molar-refractivity contribution in [3.8, 4) is 0 Å². The second-order valence-electron chi connectivity index (χ2n) is 1.91. The lowest BCUT2D eigenvalue weighted by Gasteiger charge is -2.04. The quantitative estimate of drug-likeness (QED) is 0.367. The van der Waals surface area contributed by atoms with Gasteiger partial charge in [-0.05, 0) is 13.8 Å². The molecule has 2 N–H and O–H groups in total. The van der Waals surface area contributed by atoms with Crippen molar-refractivity contribution in [1.29, 1.82) is 0 Å². The zero-order valence-electron chi connectivity index (χ0n) is 7.01. The minimum Gasteiger partial charge on any atom is -0.482 e. The number of esters is 1. The van der Waals surface area contributed by atoms with Crippen LogP contribution in [0, 0.1) is 0 Å². The molecule has 0 fully saturated rings. The fourth-order valence-corrected chi connectivity index (χ4v) is 0.493. The lowest BCUT2D eigenvalue weighted by Crippen LogP contribution is -2.12. The summed E-state index contributed by atoms with van der Waals surface area (Å²) >= 11 is 0. The molecule has 4 nitrogen and oxygen atoms in total. The maximum atomic E-state index is 10.9. The van der Waals surface area contributed by atoms with Crippen LogP contribution in [0.25, 0.3) is 0 Å². The van der Waals surface area contributed by atoms with Crippen molar-refractivity contribution in [1.82, 2.24) is 0 Å². The Morgan fingerprint density at radius 2 is 2.09 bits per heavy atom. The third-order valence-electron chi connectivity index (χ3n) is 1.17. The van der Waals surface area contributed by atoms with E-state index in [1.165, 1.54) is 7.11 Å². The molecule has 0 aromatic rings. The van der Waals surface area contributed by atoms with Crippen molar-refractivity contribution >= 4 is 5.97 Å². The number of rotatable bonds is 3. The van der Waals surface area contributed by atoms with E-state index in [2.05, 4.69) is 9.47 Å². The Morgan fingerprint density at radius 3 is 2.45 bits per heavy atom. The first-order valence-electron chi connectivity index (χ1n) is 3.31. The van der Waals surface area contributed by atoms with E-state index in [9.17, 15) is 4.79 Å². The number of carbonyl (C=O) groups is 1. The molecule has 0 aliphatic rings. The van der Waals surface area contributed by atoms with E-state index in [4.69, 9.17) is 5.73 Å². The molecule has 0 amide bonds. The van der Waals surface area contributed by atoms with Crippen molar-refractivity contribution in [2.45, 2.75) is 13.8 Å². The highest BCUT2D eigenvalue weighted by atomic mass is 16.5. The predicted octanol–water partition coefficient (Wildman–Crippen LogP) is 0.386. The van der Waals surface area contributed by atoms with Crippen LogP contribution in [-0.2, 0) is 14.3 Å². The van der Waals surface area contributed by atoms with Gasteiger partial charge in [-0.2, -0.15) is 0 Å². The van der Waals surface area contributed by atoms with Gasteiger partial charge in [0.05, 0.1) is 19.3 Å². The predicted molar refractivity (Wildman–Crippen MR) is 40.5 cm³/mol. The topological polar surface area (TPSA) is 61.5 Å². The molecular formula is C7H13NO3.